The summed E-state index contributed by atoms with van der Waals surface area (Å²) in [6.07, 6.45) is 2.14. The quantitative estimate of drug-likeness (QED) is 0.862. The minimum absolute atomic E-state index is 0.0685. The normalized spacial score (nSPS) is 10.5. The van der Waals surface area contributed by atoms with Crippen LogP contribution in [0.4, 0.5) is 0 Å². The maximum absolute atomic E-state index is 12.1. The molecule has 20 heavy (non-hydrogen) atoms. The topological polar surface area (TPSA) is 65.2 Å². The van der Waals surface area contributed by atoms with Crippen molar-refractivity contribution in [2.24, 2.45) is 0 Å². The van der Waals surface area contributed by atoms with Crippen molar-refractivity contribution in [2.45, 2.75) is 13.3 Å². The lowest BCUT2D eigenvalue weighted by molar-refractivity contribution is -0.134. The van der Waals surface area contributed by atoms with Crippen molar-refractivity contribution in [3.63, 3.8) is 0 Å². The van der Waals surface area contributed by atoms with Crippen molar-refractivity contribution in [1.29, 1.82) is 0 Å². The monoisotopic (exact) mass is 273 g/mol. The highest BCUT2D eigenvalue weighted by molar-refractivity contribution is 5.90. The van der Waals surface area contributed by atoms with Crippen LogP contribution in [0.2, 0.25) is 0 Å². The highest BCUT2D eigenvalue weighted by Gasteiger charge is 2.14. The highest BCUT2D eigenvalue weighted by atomic mass is 16.2. The van der Waals surface area contributed by atoms with Gasteiger partial charge in [-0.2, -0.15) is 0 Å². The number of aromatic amines is 1. The second-order valence-corrected chi connectivity index (χ2v) is 4.74. The average molecular weight is 273 g/mol. The Labute approximate surface area is 118 Å². The molecule has 0 saturated carbocycles. The van der Waals surface area contributed by atoms with Gasteiger partial charge in [-0.15, -0.1) is 0 Å². The van der Waals surface area contributed by atoms with Crippen LogP contribution >= 0.6 is 0 Å². The van der Waals surface area contributed by atoms with Crippen molar-refractivity contribution in [3.05, 3.63) is 36.0 Å². The first kappa shape index (κ1) is 14.1. The molecule has 2 amide bonds. The molecule has 0 bridgehead atoms. The molecule has 0 aliphatic carbocycles. The number of nitrogens with zero attached hydrogens (tertiary/aromatic N) is 1. The molecule has 0 atom stereocenters. The summed E-state index contributed by atoms with van der Waals surface area (Å²) in [5.74, 6) is -0.205. The number of rotatable bonds is 5. The van der Waals surface area contributed by atoms with Gasteiger partial charge in [0.1, 0.15) is 0 Å². The van der Waals surface area contributed by atoms with Crippen LogP contribution in [-0.2, 0) is 16.0 Å². The summed E-state index contributed by atoms with van der Waals surface area (Å²) in [5, 5.41) is 3.73. The third-order valence-corrected chi connectivity index (χ3v) is 3.20. The molecule has 106 valence electrons. The lowest BCUT2D eigenvalue weighted by Gasteiger charge is -2.16. The zero-order chi connectivity index (χ0) is 14.5. The summed E-state index contributed by atoms with van der Waals surface area (Å²) in [7, 11) is 1.65. The number of amides is 2. The van der Waals surface area contributed by atoms with E-state index in [1.54, 1.807) is 7.05 Å². The van der Waals surface area contributed by atoms with Crippen molar-refractivity contribution in [3.8, 4) is 0 Å². The number of carbonyl (C=O) groups excluding carboxylic acids is 2. The molecule has 2 aromatic rings. The van der Waals surface area contributed by atoms with Crippen LogP contribution in [0, 0.1) is 0 Å². The molecule has 0 spiro atoms. The minimum Gasteiger partial charge on any atom is -0.361 e. The number of likely N-dealkylation sites (N-methyl/N-ethyl adjacent to an activating group) is 2. The summed E-state index contributed by atoms with van der Waals surface area (Å²) in [4.78, 5) is 28.2. The number of nitrogens with one attached hydrogen (secondary N) is 2. The molecule has 2 N–H and O–H groups in total. The molecule has 0 aliphatic rings. The third kappa shape index (κ3) is 3.17. The summed E-state index contributed by atoms with van der Waals surface area (Å²) in [6.45, 7) is 2.52. The fraction of sp³-hybridized carbons (Fsp3) is 0.333. The van der Waals surface area contributed by atoms with Gasteiger partial charge in [0.25, 0.3) is 0 Å². The van der Waals surface area contributed by atoms with Gasteiger partial charge in [0.15, 0.2) is 0 Å². The SMILES string of the molecule is CCNC(=O)CN(C)C(=O)Cc1c[nH]c2ccccc12. The van der Waals surface area contributed by atoms with Crippen LogP contribution in [-0.4, -0.2) is 41.8 Å². The van der Waals surface area contributed by atoms with E-state index in [1.807, 2.05) is 37.4 Å². The lowest BCUT2D eigenvalue weighted by Crippen LogP contribution is -2.38. The Hall–Kier alpha value is -2.30. The zero-order valence-electron chi connectivity index (χ0n) is 11.8. The lowest BCUT2D eigenvalue weighted by atomic mass is 10.1. The van der Waals surface area contributed by atoms with Gasteiger partial charge in [-0.3, -0.25) is 9.59 Å². The number of para-hydroxylation sites is 1. The summed E-state index contributed by atoms with van der Waals surface area (Å²) in [6, 6.07) is 7.86. The Bertz CT molecular complexity index is 618. The number of H-pyrrole nitrogens is 1. The van der Waals surface area contributed by atoms with E-state index in [4.69, 9.17) is 0 Å². The van der Waals surface area contributed by atoms with Crippen molar-refractivity contribution >= 4 is 22.7 Å². The second kappa shape index (κ2) is 6.23. The van der Waals surface area contributed by atoms with E-state index in [-0.39, 0.29) is 18.4 Å². The van der Waals surface area contributed by atoms with Gasteiger partial charge in [-0.25, -0.2) is 0 Å². The Balaban J connectivity index is 2.02. The Kier molecular flexibility index (Phi) is 4.40. The van der Waals surface area contributed by atoms with Gasteiger partial charge in [-0.05, 0) is 18.6 Å². The molecule has 0 radical (unpaired) electrons. The van der Waals surface area contributed by atoms with E-state index >= 15 is 0 Å². The molecule has 2 rings (SSSR count). The van der Waals surface area contributed by atoms with Crippen molar-refractivity contribution in [1.82, 2.24) is 15.2 Å². The number of benzene rings is 1. The van der Waals surface area contributed by atoms with E-state index in [9.17, 15) is 9.59 Å². The standard InChI is InChI=1S/C15H19N3O2/c1-3-16-14(19)10-18(2)15(20)8-11-9-17-13-7-5-4-6-12(11)13/h4-7,9,17H,3,8,10H2,1-2H3,(H,16,19). The molecule has 1 heterocycles. The highest BCUT2D eigenvalue weighted by Crippen LogP contribution is 2.18. The zero-order valence-corrected chi connectivity index (χ0v) is 11.8. The number of fused-ring (bicyclic) bond motifs is 1. The van der Waals surface area contributed by atoms with Crippen molar-refractivity contribution < 1.29 is 9.59 Å². The number of hydrogen-bond acceptors (Lipinski definition) is 2. The first-order chi connectivity index (χ1) is 9.61. The Morgan fingerprint density at radius 3 is 2.80 bits per heavy atom. The van der Waals surface area contributed by atoms with Crippen LogP contribution in [0.15, 0.2) is 30.5 Å². The molecule has 5 nitrogen and oxygen atoms in total. The minimum atomic E-state index is -0.137. The number of hydrogen-bond donors (Lipinski definition) is 2. The number of aromatic nitrogens is 1. The summed E-state index contributed by atoms with van der Waals surface area (Å²) >= 11 is 0. The predicted octanol–water partition coefficient (Wildman–Crippen LogP) is 1.30. The fourth-order valence-corrected chi connectivity index (χ4v) is 2.13. The first-order valence-electron chi connectivity index (χ1n) is 6.67. The van der Waals surface area contributed by atoms with Crippen molar-refractivity contribution in [2.75, 3.05) is 20.1 Å². The molecular weight excluding hydrogens is 254 g/mol. The van der Waals surface area contributed by atoms with E-state index in [0.717, 1.165) is 16.5 Å². The third-order valence-electron chi connectivity index (χ3n) is 3.20. The maximum atomic E-state index is 12.1. The molecule has 1 aromatic heterocycles. The van der Waals surface area contributed by atoms with Crippen LogP contribution in [0.25, 0.3) is 10.9 Å². The molecule has 0 aliphatic heterocycles. The first-order valence-corrected chi connectivity index (χ1v) is 6.67. The molecular formula is C15H19N3O2. The van der Waals surface area contributed by atoms with E-state index in [2.05, 4.69) is 10.3 Å². The second-order valence-electron chi connectivity index (χ2n) is 4.74. The Morgan fingerprint density at radius 2 is 2.05 bits per heavy atom. The van der Waals surface area contributed by atoms with Crippen LogP contribution in [0.1, 0.15) is 12.5 Å². The largest absolute Gasteiger partial charge is 0.361 e. The molecule has 1 aromatic carbocycles. The predicted molar refractivity (Wildman–Crippen MR) is 78.3 cm³/mol. The number of carbonyl (C=O) groups is 2. The van der Waals surface area contributed by atoms with Gasteiger partial charge in [-0.1, -0.05) is 18.2 Å². The van der Waals surface area contributed by atoms with Gasteiger partial charge < -0.3 is 15.2 Å². The fourth-order valence-electron chi connectivity index (χ4n) is 2.13. The van der Waals surface area contributed by atoms with E-state index in [1.165, 1.54) is 4.90 Å². The molecule has 0 unspecified atom stereocenters. The van der Waals surface area contributed by atoms with Gasteiger partial charge >= 0.3 is 0 Å². The van der Waals surface area contributed by atoms with E-state index < -0.39 is 0 Å². The summed E-state index contributed by atoms with van der Waals surface area (Å²) < 4.78 is 0. The smallest absolute Gasteiger partial charge is 0.239 e. The summed E-state index contributed by atoms with van der Waals surface area (Å²) in [5.41, 5.74) is 1.97. The van der Waals surface area contributed by atoms with E-state index in [0.29, 0.717) is 13.0 Å². The molecule has 5 heteroatoms. The Morgan fingerprint density at radius 1 is 1.30 bits per heavy atom. The molecule has 0 fully saturated rings. The van der Waals surface area contributed by atoms with Gasteiger partial charge in [0.05, 0.1) is 13.0 Å². The van der Waals surface area contributed by atoms with Crippen LogP contribution < -0.4 is 5.32 Å². The van der Waals surface area contributed by atoms with Gasteiger partial charge in [0.2, 0.25) is 11.8 Å². The van der Waals surface area contributed by atoms with Gasteiger partial charge in [0, 0.05) is 30.7 Å². The average Bonchev–Trinajstić information content (AvgIpc) is 2.82. The maximum Gasteiger partial charge on any atom is 0.239 e. The van der Waals surface area contributed by atoms with Crippen LogP contribution in [0.5, 0.6) is 0 Å². The molecule has 0 saturated heterocycles. The van der Waals surface area contributed by atoms with Crippen LogP contribution in [0.3, 0.4) is 0 Å².